The van der Waals surface area contributed by atoms with Crippen LogP contribution in [0.15, 0.2) is 18.2 Å². The van der Waals surface area contributed by atoms with Gasteiger partial charge in [-0.2, -0.15) is 0 Å². The van der Waals surface area contributed by atoms with Crippen LogP contribution in [0.25, 0.3) is 0 Å². The highest BCUT2D eigenvalue weighted by molar-refractivity contribution is 6.35. The zero-order valence-electron chi connectivity index (χ0n) is 12.6. The molecule has 5 nitrogen and oxygen atoms in total. The molecule has 2 atom stereocenters. The summed E-state index contributed by atoms with van der Waals surface area (Å²) in [6.45, 7) is 1.44. The molecule has 0 aromatic heterocycles. The van der Waals surface area contributed by atoms with Crippen LogP contribution in [0.4, 0.5) is 0 Å². The lowest BCUT2D eigenvalue weighted by Crippen LogP contribution is -2.36. The third-order valence-corrected chi connectivity index (χ3v) is 3.97. The Morgan fingerprint density at radius 1 is 1.39 bits per heavy atom. The molecule has 2 rings (SSSR count). The van der Waals surface area contributed by atoms with Crippen molar-refractivity contribution in [3.63, 3.8) is 0 Å². The molecule has 1 amide bonds. The number of amides is 1. The van der Waals surface area contributed by atoms with E-state index in [1.807, 2.05) is 0 Å². The number of carbonyl (C=O) groups is 1. The van der Waals surface area contributed by atoms with Crippen LogP contribution < -0.4 is 15.8 Å². The Kier molecular flexibility index (Phi) is 9.02. The van der Waals surface area contributed by atoms with Crippen molar-refractivity contribution in [3.05, 3.63) is 28.2 Å². The van der Waals surface area contributed by atoms with Crippen molar-refractivity contribution in [1.82, 2.24) is 5.32 Å². The van der Waals surface area contributed by atoms with Crippen molar-refractivity contribution in [2.75, 3.05) is 19.7 Å². The highest BCUT2D eigenvalue weighted by Gasteiger charge is 2.29. The molecule has 1 aromatic carbocycles. The molecule has 3 N–H and O–H groups in total. The predicted molar refractivity (Wildman–Crippen MR) is 93.8 cm³/mol. The fourth-order valence-electron chi connectivity index (χ4n) is 2.24. The van der Waals surface area contributed by atoms with E-state index >= 15 is 0 Å². The smallest absolute Gasteiger partial charge is 0.249 e. The van der Waals surface area contributed by atoms with Crippen LogP contribution >= 0.6 is 35.6 Å². The van der Waals surface area contributed by atoms with Gasteiger partial charge in [-0.3, -0.25) is 4.79 Å². The molecular formula is C15H21Cl3N2O3. The van der Waals surface area contributed by atoms with Gasteiger partial charge < -0.3 is 20.5 Å². The van der Waals surface area contributed by atoms with Gasteiger partial charge in [0.05, 0.1) is 17.7 Å². The fourth-order valence-corrected chi connectivity index (χ4v) is 2.71. The Morgan fingerprint density at radius 2 is 2.17 bits per heavy atom. The SMILES string of the molecule is Cl.NC[C@H]1CC[C@@H](C(=O)NCCCOc2ccc(Cl)cc2Cl)O1. The molecule has 0 spiro atoms. The summed E-state index contributed by atoms with van der Waals surface area (Å²) in [5, 5.41) is 3.88. The number of nitrogens with one attached hydrogen (secondary N) is 1. The molecular weight excluding hydrogens is 363 g/mol. The summed E-state index contributed by atoms with van der Waals surface area (Å²) in [6.07, 6.45) is 1.88. The largest absolute Gasteiger partial charge is 0.492 e. The molecule has 0 aliphatic carbocycles. The standard InChI is InChI=1S/C15H20Cl2N2O3.ClH/c16-10-2-4-13(12(17)8-10)21-7-1-6-19-15(20)14-5-3-11(9-18)22-14;/h2,4,8,11,14H,1,3,5-7,9,18H2,(H,19,20);1H/t11-,14+;/m1./s1. The Labute approximate surface area is 152 Å². The van der Waals surface area contributed by atoms with E-state index in [-0.39, 0.29) is 30.5 Å². The van der Waals surface area contributed by atoms with Gasteiger partial charge in [-0.25, -0.2) is 0 Å². The number of carbonyl (C=O) groups excluding carboxylic acids is 1. The fraction of sp³-hybridized carbons (Fsp3) is 0.533. The van der Waals surface area contributed by atoms with Crippen LogP contribution in [0.3, 0.4) is 0 Å². The Morgan fingerprint density at radius 3 is 2.83 bits per heavy atom. The van der Waals surface area contributed by atoms with E-state index in [0.717, 1.165) is 12.8 Å². The lowest BCUT2D eigenvalue weighted by atomic mass is 10.2. The highest BCUT2D eigenvalue weighted by Crippen LogP contribution is 2.27. The second-order valence-electron chi connectivity index (χ2n) is 5.13. The Balaban J connectivity index is 0.00000264. The summed E-state index contributed by atoms with van der Waals surface area (Å²) in [4.78, 5) is 11.9. The van der Waals surface area contributed by atoms with E-state index in [1.54, 1.807) is 18.2 Å². The minimum Gasteiger partial charge on any atom is -0.492 e. The number of hydrogen-bond donors (Lipinski definition) is 2. The van der Waals surface area contributed by atoms with Gasteiger partial charge in [-0.05, 0) is 37.5 Å². The lowest BCUT2D eigenvalue weighted by molar-refractivity contribution is -0.131. The summed E-state index contributed by atoms with van der Waals surface area (Å²) < 4.78 is 11.1. The van der Waals surface area contributed by atoms with Gasteiger partial charge in [0.15, 0.2) is 0 Å². The van der Waals surface area contributed by atoms with Crippen LogP contribution in [-0.4, -0.2) is 37.8 Å². The first-order valence-corrected chi connectivity index (χ1v) is 8.07. The maximum absolute atomic E-state index is 11.9. The average molecular weight is 384 g/mol. The number of nitrogens with two attached hydrogens (primary N) is 1. The van der Waals surface area contributed by atoms with Gasteiger partial charge in [-0.1, -0.05) is 23.2 Å². The van der Waals surface area contributed by atoms with Crippen LogP contribution in [-0.2, 0) is 9.53 Å². The van der Waals surface area contributed by atoms with Gasteiger partial charge >= 0.3 is 0 Å². The first-order valence-electron chi connectivity index (χ1n) is 7.31. The molecule has 130 valence electrons. The molecule has 23 heavy (non-hydrogen) atoms. The van der Waals surface area contributed by atoms with Crippen molar-refractivity contribution < 1.29 is 14.3 Å². The van der Waals surface area contributed by atoms with E-state index in [1.165, 1.54) is 0 Å². The molecule has 8 heteroatoms. The minimum atomic E-state index is -0.375. The van der Waals surface area contributed by atoms with Crippen molar-refractivity contribution in [2.45, 2.75) is 31.5 Å². The number of benzene rings is 1. The van der Waals surface area contributed by atoms with Gasteiger partial charge in [0, 0.05) is 18.1 Å². The van der Waals surface area contributed by atoms with Crippen LogP contribution in [0.5, 0.6) is 5.75 Å². The Bertz CT molecular complexity index is 517. The normalized spacial score (nSPS) is 20.0. The third kappa shape index (κ3) is 6.36. The zero-order chi connectivity index (χ0) is 15.9. The maximum atomic E-state index is 11.9. The van der Waals surface area contributed by atoms with Crippen molar-refractivity contribution in [2.24, 2.45) is 5.73 Å². The molecule has 1 heterocycles. The van der Waals surface area contributed by atoms with Crippen molar-refractivity contribution in [3.8, 4) is 5.75 Å². The van der Waals surface area contributed by atoms with Gasteiger partial charge in [0.2, 0.25) is 5.91 Å². The topological polar surface area (TPSA) is 73.6 Å². The third-order valence-electron chi connectivity index (χ3n) is 3.43. The minimum absolute atomic E-state index is 0. The van der Waals surface area contributed by atoms with Gasteiger partial charge in [-0.15, -0.1) is 12.4 Å². The molecule has 1 saturated heterocycles. The molecule has 1 fully saturated rings. The quantitative estimate of drug-likeness (QED) is 0.710. The van der Waals surface area contributed by atoms with E-state index in [2.05, 4.69) is 5.32 Å². The highest BCUT2D eigenvalue weighted by atomic mass is 35.5. The molecule has 0 saturated carbocycles. The molecule has 0 radical (unpaired) electrons. The maximum Gasteiger partial charge on any atom is 0.249 e. The van der Waals surface area contributed by atoms with E-state index in [9.17, 15) is 4.79 Å². The predicted octanol–water partition coefficient (Wildman–Crippen LogP) is 2.81. The lowest BCUT2D eigenvalue weighted by Gasteiger charge is -2.13. The van der Waals surface area contributed by atoms with E-state index < -0.39 is 0 Å². The second kappa shape index (κ2) is 10.2. The van der Waals surface area contributed by atoms with Crippen molar-refractivity contribution in [1.29, 1.82) is 0 Å². The number of rotatable bonds is 7. The number of halogens is 3. The van der Waals surface area contributed by atoms with E-state index in [0.29, 0.717) is 41.9 Å². The molecule has 0 bridgehead atoms. The molecule has 1 aromatic rings. The zero-order valence-corrected chi connectivity index (χ0v) is 14.9. The van der Waals surface area contributed by atoms with Gasteiger partial charge in [0.25, 0.3) is 0 Å². The summed E-state index contributed by atoms with van der Waals surface area (Å²) in [7, 11) is 0. The number of hydrogen-bond acceptors (Lipinski definition) is 4. The monoisotopic (exact) mass is 382 g/mol. The second-order valence-corrected chi connectivity index (χ2v) is 5.97. The molecule has 1 aliphatic heterocycles. The summed E-state index contributed by atoms with van der Waals surface area (Å²) in [6, 6.07) is 5.07. The van der Waals surface area contributed by atoms with Gasteiger partial charge in [0.1, 0.15) is 11.9 Å². The Hall–Kier alpha value is -0.720. The summed E-state index contributed by atoms with van der Waals surface area (Å²) >= 11 is 11.8. The molecule has 1 aliphatic rings. The average Bonchev–Trinajstić information content (AvgIpc) is 2.97. The van der Waals surface area contributed by atoms with Crippen LogP contribution in [0, 0.1) is 0 Å². The van der Waals surface area contributed by atoms with E-state index in [4.69, 9.17) is 38.4 Å². The van der Waals surface area contributed by atoms with Crippen LogP contribution in [0.1, 0.15) is 19.3 Å². The van der Waals surface area contributed by atoms with Crippen LogP contribution in [0.2, 0.25) is 10.0 Å². The first kappa shape index (κ1) is 20.3. The molecule has 0 unspecified atom stereocenters. The number of ether oxygens (including phenoxy) is 2. The summed E-state index contributed by atoms with van der Waals surface area (Å²) in [5.41, 5.74) is 5.52. The van der Waals surface area contributed by atoms with Crippen molar-refractivity contribution >= 4 is 41.5 Å². The summed E-state index contributed by atoms with van der Waals surface area (Å²) in [5.74, 6) is 0.503. The first-order chi connectivity index (χ1) is 10.6.